The summed E-state index contributed by atoms with van der Waals surface area (Å²) in [5.74, 6) is 0.328. The highest BCUT2D eigenvalue weighted by Gasteiger charge is 2.57. The predicted molar refractivity (Wildman–Crippen MR) is 82.4 cm³/mol. The van der Waals surface area contributed by atoms with Gasteiger partial charge in [0.1, 0.15) is 5.01 Å². The first kappa shape index (κ1) is 15.7. The van der Waals surface area contributed by atoms with Gasteiger partial charge in [0.25, 0.3) is 0 Å². The van der Waals surface area contributed by atoms with Crippen molar-refractivity contribution in [3.05, 3.63) is 5.01 Å². The summed E-state index contributed by atoms with van der Waals surface area (Å²) in [7, 11) is 0. The molecule has 2 heterocycles. The molecule has 1 saturated heterocycles. The van der Waals surface area contributed by atoms with Gasteiger partial charge in [0, 0.05) is 12.3 Å². The maximum Gasteiger partial charge on any atom is 0.229 e. The number of aryl methyl sites for hydroxylation is 1. The van der Waals surface area contributed by atoms with Crippen molar-refractivity contribution in [2.24, 2.45) is 11.3 Å². The van der Waals surface area contributed by atoms with Crippen LogP contribution in [0.5, 0.6) is 0 Å². The Morgan fingerprint density at radius 2 is 2.20 bits per heavy atom. The number of nitrogens with one attached hydrogen (secondary N) is 2. The minimum Gasteiger partial charge on any atom is -0.317 e. The molecule has 0 aromatic carbocycles. The summed E-state index contributed by atoms with van der Waals surface area (Å²) < 4.78 is 0. The SMILES string of the molecule is CCCc1nnc(NC(=O)C2CC23CCNCC3)s1.Cl. The first-order valence-corrected chi connectivity index (χ1v) is 7.89. The smallest absolute Gasteiger partial charge is 0.229 e. The van der Waals surface area contributed by atoms with Gasteiger partial charge in [0.05, 0.1) is 0 Å². The Hall–Kier alpha value is -0.720. The largest absolute Gasteiger partial charge is 0.317 e. The Labute approximate surface area is 129 Å². The Morgan fingerprint density at radius 1 is 1.45 bits per heavy atom. The summed E-state index contributed by atoms with van der Waals surface area (Å²) >= 11 is 1.50. The maximum absolute atomic E-state index is 12.2. The van der Waals surface area contributed by atoms with E-state index in [0.717, 1.165) is 50.2 Å². The van der Waals surface area contributed by atoms with Gasteiger partial charge in [0.2, 0.25) is 11.0 Å². The molecule has 2 aliphatic rings. The molecule has 1 aliphatic carbocycles. The van der Waals surface area contributed by atoms with Crippen molar-refractivity contribution in [2.45, 2.75) is 39.0 Å². The molecular weight excluding hydrogens is 296 g/mol. The molecule has 5 nitrogen and oxygen atoms in total. The number of halogens is 1. The van der Waals surface area contributed by atoms with Crippen LogP contribution in [0.4, 0.5) is 5.13 Å². The van der Waals surface area contributed by atoms with E-state index in [9.17, 15) is 4.79 Å². The van der Waals surface area contributed by atoms with Crippen molar-refractivity contribution in [2.75, 3.05) is 18.4 Å². The minimum atomic E-state index is 0. The molecule has 1 spiro atoms. The molecule has 1 aromatic rings. The second-order valence-electron chi connectivity index (χ2n) is 5.61. The number of hydrogen-bond acceptors (Lipinski definition) is 5. The molecule has 7 heteroatoms. The molecule has 20 heavy (non-hydrogen) atoms. The van der Waals surface area contributed by atoms with Gasteiger partial charge in [-0.05, 0) is 44.2 Å². The lowest BCUT2D eigenvalue weighted by Crippen LogP contribution is -2.31. The van der Waals surface area contributed by atoms with E-state index in [-0.39, 0.29) is 29.6 Å². The average molecular weight is 317 g/mol. The number of nitrogens with zero attached hydrogens (tertiary/aromatic N) is 2. The first-order chi connectivity index (χ1) is 9.23. The minimum absolute atomic E-state index is 0. The van der Waals surface area contributed by atoms with E-state index in [1.165, 1.54) is 11.3 Å². The predicted octanol–water partition coefficient (Wildman–Crippen LogP) is 2.24. The Morgan fingerprint density at radius 3 is 2.90 bits per heavy atom. The zero-order chi connectivity index (χ0) is 13.3. The number of rotatable bonds is 4. The van der Waals surface area contributed by atoms with Gasteiger partial charge in [-0.25, -0.2) is 0 Å². The fourth-order valence-corrected chi connectivity index (χ4v) is 3.85. The first-order valence-electron chi connectivity index (χ1n) is 7.07. The van der Waals surface area contributed by atoms with Gasteiger partial charge in [-0.15, -0.1) is 22.6 Å². The molecule has 2 fully saturated rings. The van der Waals surface area contributed by atoms with Gasteiger partial charge in [-0.3, -0.25) is 4.79 Å². The van der Waals surface area contributed by atoms with Crippen molar-refractivity contribution < 1.29 is 4.79 Å². The van der Waals surface area contributed by atoms with Crippen LogP contribution in [0.25, 0.3) is 0 Å². The summed E-state index contributed by atoms with van der Waals surface area (Å²) in [4.78, 5) is 12.2. The highest BCUT2D eigenvalue weighted by atomic mass is 35.5. The molecule has 1 saturated carbocycles. The van der Waals surface area contributed by atoms with Crippen molar-refractivity contribution in [3.8, 4) is 0 Å². The van der Waals surface area contributed by atoms with Crippen LogP contribution in [0.15, 0.2) is 0 Å². The van der Waals surface area contributed by atoms with Crippen LogP contribution >= 0.6 is 23.7 Å². The molecule has 1 aliphatic heterocycles. The van der Waals surface area contributed by atoms with Crippen molar-refractivity contribution in [3.63, 3.8) is 0 Å². The quantitative estimate of drug-likeness (QED) is 0.894. The van der Waals surface area contributed by atoms with E-state index in [4.69, 9.17) is 0 Å². The lowest BCUT2D eigenvalue weighted by molar-refractivity contribution is -0.118. The van der Waals surface area contributed by atoms with Crippen LogP contribution in [0.2, 0.25) is 0 Å². The molecule has 0 bridgehead atoms. The normalized spacial score (nSPS) is 23.1. The van der Waals surface area contributed by atoms with Gasteiger partial charge < -0.3 is 10.6 Å². The third kappa shape index (κ3) is 3.13. The van der Waals surface area contributed by atoms with Gasteiger partial charge in [-0.1, -0.05) is 18.3 Å². The number of carbonyl (C=O) groups is 1. The monoisotopic (exact) mass is 316 g/mol. The van der Waals surface area contributed by atoms with Gasteiger partial charge in [-0.2, -0.15) is 0 Å². The molecule has 3 rings (SSSR count). The van der Waals surface area contributed by atoms with Gasteiger partial charge in [0.15, 0.2) is 0 Å². The average Bonchev–Trinajstić information content (AvgIpc) is 2.91. The zero-order valence-corrected chi connectivity index (χ0v) is 13.3. The van der Waals surface area contributed by atoms with E-state index in [1.54, 1.807) is 0 Å². The second-order valence-corrected chi connectivity index (χ2v) is 6.67. The summed E-state index contributed by atoms with van der Waals surface area (Å²) in [5.41, 5.74) is 0.284. The summed E-state index contributed by atoms with van der Waals surface area (Å²) in [5, 5.41) is 16.1. The van der Waals surface area contributed by atoms with E-state index in [0.29, 0.717) is 5.13 Å². The molecule has 1 atom stereocenters. The number of aromatic nitrogens is 2. The fourth-order valence-electron chi connectivity index (χ4n) is 3.01. The molecule has 0 radical (unpaired) electrons. The fraction of sp³-hybridized carbons (Fsp3) is 0.769. The maximum atomic E-state index is 12.2. The Kier molecular flexibility index (Phi) is 4.99. The van der Waals surface area contributed by atoms with E-state index in [2.05, 4.69) is 27.8 Å². The van der Waals surface area contributed by atoms with Gasteiger partial charge >= 0.3 is 0 Å². The summed E-state index contributed by atoms with van der Waals surface area (Å²) in [6.07, 6.45) is 5.29. The lowest BCUT2D eigenvalue weighted by Gasteiger charge is -2.22. The number of amides is 1. The number of piperidine rings is 1. The lowest BCUT2D eigenvalue weighted by atomic mass is 9.92. The Balaban J connectivity index is 0.00000147. The molecule has 1 aromatic heterocycles. The standard InChI is InChI=1S/C13H20N4OS.ClH/c1-2-3-10-16-17-12(19-10)15-11(18)9-8-13(9)4-6-14-7-5-13;/h9,14H,2-8H2,1H3,(H,15,17,18);1H. The van der Waals surface area contributed by atoms with E-state index >= 15 is 0 Å². The van der Waals surface area contributed by atoms with E-state index in [1.807, 2.05) is 0 Å². The molecule has 1 unspecified atom stereocenters. The molecule has 2 N–H and O–H groups in total. The van der Waals surface area contributed by atoms with Crippen molar-refractivity contribution >= 4 is 34.8 Å². The third-order valence-corrected chi connectivity index (χ3v) is 5.16. The van der Waals surface area contributed by atoms with E-state index < -0.39 is 0 Å². The zero-order valence-electron chi connectivity index (χ0n) is 11.6. The highest BCUT2D eigenvalue weighted by Crippen LogP contribution is 2.58. The molecular formula is C13H21ClN4OS. The van der Waals surface area contributed by atoms with Crippen LogP contribution in [0.1, 0.15) is 37.6 Å². The van der Waals surface area contributed by atoms with Crippen molar-refractivity contribution in [1.29, 1.82) is 0 Å². The molecule has 1 amide bonds. The van der Waals surface area contributed by atoms with Crippen LogP contribution in [0, 0.1) is 11.3 Å². The molecule has 112 valence electrons. The number of hydrogen-bond donors (Lipinski definition) is 2. The Bertz CT molecular complexity index is 473. The number of carbonyl (C=O) groups excluding carboxylic acids is 1. The van der Waals surface area contributed by atoms with Crippen molar-refractivity contribution in [1.82, 2.24) is 15.5 Å². The topological polar surface area (TPSA) is 66.9 Å². The van der Waals surface area contributed by atoms with Crippen LogP contribution in [-0.2, 0) is 11.2 Å². The third-order valence-electron chi connectivity index (χ3n) is 4.27. The van der Waals surface area contributed by atoms with Crippen LogP contribution in [-0.4, -0.2) is 29.2 Å². The summed E-state index contributed by atoms with van der Waals surface area (Å²) in [6, 6.07) is 0. The highest BCUT2D eigenvalue weighted by molar-refractivity contribution is 7.15. The summed E-state index contributed by atoms with van der Waals surface area (Å²) in [6.45, 7) is 4.21. The number of anilines is 1. The van der Waals surface area contributed by atoms with Crippen LogP contribution in [0.3, 0.4) is 0 Å². The van der Waals surface area contributed by atoms with Crippen LogP contribution < -0.4 is 10.6 Å². The second kappa shape index (κ2) is 6.37.